The number of rotatable bonds is 3. The van der Waals surface area contributed by atoms with E-state index in [0.29, 0.717) is 12.3 Å². The Kier molecular flexibility index (Phi) is 4.43. The summed E-state index contributed by atoms with van der Waals surface area (Å²) in [5, 5.41) is 4.33. The molecule has 2 fully saturated rings. The Morgan fingerprint density at radius 3 is 3.04 bits per heavy atom. The van der Waals surface area contributed by atoms with Gasteiger partial charge in [-0.1, -0.05) is 0 Å². The number of hydrogen-bond acceptors (Lipinski definition) is 5. The molecule has 0 aliphatic carbocycles. The molecule has 1 atom stereocenters. The summed E-state index contributed by atoms with van der Waals surface area (Å²) in [5.41, 5.74) is 1.12. The number of furan rings is 1. The summed E-state index contributed by atoms with van der Waals surface area (Å²) in [7, 11) is 0. The SMILES string of the molecule is O=C(c1ccco1)N1CCCC2(CN(Cc3ccsc3)CCO2)C1. The molecule has 0 N–H and O–H groups in total. The molecule has 6 heteroatoms. The fourth-order valence-electron chi connectivity index (χ4n) is 3.77. The van der Waals surface area contributed by atoms with Crippen LogP contribution in [0, 0.1) is 0 Å². The fourth-order valence-corrected chi connectivity index (χ4v) is 4.43. The molecule has 4 rings (SSSR count). The molecule has 2 saturated heterocycles. The number of likely N-dealkylation sites (tertiary alicyclic amines) is 1. The lowest BCUT2D eigenvalue weighted by Crippen LogP contribution is -2.60. The van der Waals surface area contributed by atoms with E-state index >= 15 is 0 Å². The van der Waals surface area contributed by atoms with Crippen LogP contribution in [0.4, 0.5) is 0 Å². The predicted molar refractivity (Wildman–Crippen MR) is 92.1 cm³/mol. The van der Waals surface area contributed by atoms with Gasteiger partial charge in [0.05, 0.1) is 25.0 Å². The minimum Gasteiger partial charge on any atom is -0.459 e. The number of morpholine rings is 1. The number of piperidine rings is 1. The summed E-state index contributed by atoms with van der Waals surface area (Å²) in [4.78, 5) is 16.9. The molecule has 0 saturated carbocycles. The van der Waals surface area contributed by atoms with Gasteiger partial charge in [-0.2, -0.15) is 11.3 Å². The van der Waals surface area contributed by atoms with E-state index < -0.39 is 0 Å². The fraction of sp³-hybridized carbons (Fsp3) is 0.500. The van der Waals surface area contributed by atoms with E-state index in [9.17, 15) is 4.79 Å². The molecular weight excluding hydrogens is 324 g/mol. The molecule has 1 amide bonds. The lowest BCUT2D eigenvalue weighted by molar-refractivity contribution is -0.136. The molecule has 24 heavy (non-hydrogen) atoms. The van der Waals surface area contributed by atoms with Crippen molar-refractivity contribution in [3.05, 3.63) is 46.5 Å². The van der Waals surface area contributed by atoms with E-state index in [-0.39, 0.29) is 11.5 Å². The van der Waals surface area contributed by atoms with Gasteiger partial charge >= 0.3 is 0 Å². The first-order valence-corrected chi connectivity index (χ1v) is 9.39. The Hall–Kier alpha value is -1.63. The average Bonchev–Trinajstić information content (AvgIpc) is 3.28. The first-order valence-electron chi connectivity index (χ1n) is 8.44. The molecule has 0 bridgehead atoms. The zero-order chi connectivity index (χ0) is 16.4. The minimum absolute atomic E-state index is 0.0300. The molecular formula is C18H22N2O3S. The van der Waals surface area contributed by atoms with Crippen LogP contribution in [-0.4, -0.2) is 54.1 Å². The first-order chi connectivity index (χ1) is 11.7. The molecule has 2 aliphatic heterocycles. The normalized spacial score (nSPS) is 25.2. The van der Waals surface area contributed by atoms with Gasteiger partial charge in [0.2, 0.25) is 0 Å². The third-order valence-electron chi connectivity index (χ3n) is 4.87. The highest BCUT2D eigenvalue weighted by Crippen LogP contribution is 2.30. The van der Waals surface area contributed by atoms with Crippen LogP contribution >= 0.6 is 11.3 Å². The highest BCUT2D eigenvalue weighted by molar-refractivity contribution is 7.07. The van der Waals surface area contributed by atoms with Crippen molar-refractivity contribution in [2.75, 3.05) is 32.8 Å². The number of carbonyl (C=O) groups is 1. The van der Waals surface area contributed by atoms with Crippen molar-refractivity contribution in [3.8, 4) is 0 Å². The van der Waals surface area contributed by atoms with E-state index in [1.165, 1.54) is 5.56 Å². The van der Waals surface area contributed by atoms with Gasteiger partial charge in [-0.15, -0.1) is 0 Å². The van der Waals surface area contributed by atoms with Crippen LogP contribution in [0.3, 0.4) is 0 Å². The standard InChI is InChI=1S/C18H22N2O3S/c21-17(16-3-1-8-22-16)20-6-2-5-18(14-20)13-19(7-9-23-18)11-15-4-10-24-12-15/h1,3-4,8,10,12H,2,5-7,9,11,13-14H2. The van der Waals surface area contributed by atoms with Gasteiger partial charge in [-0.25, -0.2) is 0 Å². The van der Waals surface area contributed by atoms with Gasteiger partial charge in [-0.3, -0.25) is 9.69 Å². The van der Waals surface area contributed by atoms with Crippen LogP contribution in [-0.2, 0) is 11.3 Å². The molecule has 0 radical (unpaired) electrons. The second kappa shape index (κ2) is 6.70. The molecule has 5 nitrogen and oxygen atoms in total. The Morgan fingerprint density at radius 2 is 2.25 bits per heavy atom. The van der Waals surface area contributed by atoms with Crippen molar-refractivity contribution >= 4 is 17.2 Å². The third kappa shape index (κ3) is 3.27. The van der Waals surface area contributed by atoms with Crippen LogP contribution in [0.5, 0.6) is 0 Å². The predicted octanol–water partition coefficient (Wildman–Crippen LogP) is 2.85. The summed E-state index contributed by atoms with van der Waals surface area (Å²) < 4.78 is 11.5. The first kappa shape index (κ1) is 15.9. The van der Waals surface area contributed by atoms with Crippen LogP contribution in [0.15, 0.2) is 39.6 Å². The number of ether oxygens (including phenoxy) is 1. The van der Waals surface area contributed by atoms with E-state index in [1.54, 1.807) is 29.7 Å². The van der Waals surface area contributed by atoms with E-state index in [0.717, 1.165) is 45.6 Å². The Labute approximate surface area is 145 Å². The molecule has 2 aliphatic rings. The number of hydrogen-bond donors (Lipinski definition) is 0. The van der Waals surface area contributed by atoms with Gasteiger partial charge in [0.15, 0.2) is 5.76 Å². The quantitative estimate of drug-likeness (QED) is 0.857. The monoisotopic (exact) mass is 346 g/mol. The van der Waals surface area contributed by atoms with Crippen molar-refractivity contribution in [2.45, 2.75) is 25.0 Å². The lowest BCUT2D eigenvalue weighted by atomic mass is 9.90. The average molecular weight is 346 g/mol. The maximum atomic E-state index is 12.6. The van der Waals surface area contributed by atoms with Crippen LogP contribution in [0.1, 0.15) is 29.0 Å². The molecule has 4 heterocycles. The molecule has 2 aromatic heterocycles. The largest absolute Gasteiger partial charge is 0.459 e. The van der Waals surface area contributed by atoms with Crippen molar-refractivity contribution in [2.24, 2.45) is 0 Å². The maximum absolute atomic E-state index is 12.6. The van der Waals surface area contributed by atoms with E-state index in [1.807, 2.05) is 4.90 Å². The minimum atomic E-state index is -0.241. The van der Waals surface area contributed by atoms with E-state index in [2.05, 4.69) is 21.7 Å². The van der Waals surface area contributed by atoms with Gasteiger partial charge < -0.3 is 14.1 Å². The second-order valence-electron chi connectivity index (χ2n) is 6.68. The summed E-state index contributed by atoms with van der Waals surface area (Å²) in [6.07, 6.45) is 3.53. The Balaban J connectivity index is 1.44. The maximum Gasteiger partial charge on any atom is 0.289 e. The molecule has 128 valence electrons. The highest BCUT2D eigenvalue weighted by Gasteiger charge is 2.42. The van der Waals surface area contributed by atoms with Gasteiger partial charge in [-0.05, 0) is 47.4 Å². The summed E-state index contributed by atoms with van der Waals surface area (Å²) in [6.45, 7) is 4.93. The van der Waals surface area contributed by atoms with Crippen molar-refractivity contribution in [3.63, 3.8) is 0 Å². The van der Waals surface area contributed by atoms with Gasteiger partial charge in [0.25, 0.3) is 5.91 Å². The summed E-state index contributed by atoms with van der Waals surface area (Å²) in [5.74, 6) is 0.385. The highest BCUT2D eigenvalue weighted by atomic mass is 32.1. The summed E-state index contributed by atoms with van der Waals surface area (Å²) >= 11 is 1.74. The molecule has 2 aromatic rings. The Morgan fingerprint density at radius 1 is 1.29 bits per heavy atom. The number of thiophene rings is 1. The van der Waals surface area contributed by atoms with Crippen LogP contribution in [0.25, 0.3) is 0 Å². The summed E-state index contributed by atoms with van der Waals surface area (Å²) in [6, 6.07) is 5.67. The van der Waals surface area contributed by atoms with Crippen molar-refractivity contribution in [1.82, 2.24) is 9.80 Å². The smallest absolute Gasteiger partial charge is 0.289 e. The van der Waals surface area contributed by atoms with Crippen LogP contribution in [0.2, 0.25) is 0 Å². The van der Waals surface area contributed by atoms with E-state index in [4.69, 9.17) is 9.15 Å². The molecule has 1 unspecified atom stereocenters. The Bertz CT molecular complexity index is 667. The number of amides is 1. The third-order valence-corrected chi connectivity index (χ3v) is 5.60. The van der Waals surface area contributed by atoms with Crippen molar-refractivity contribution < 1.29 is 13.9 Å². The van der Waals surface area contributed by atoms with Crippen molar-refractivity contribution in [1.29, 1.82) is 0 Å². The van der Waals surface area contributed by atoms with Gasteiger partial charge in [0.1, 0.15) is 0 Å². The second-order valence-corrected chi connectivity index (χ2v) is 7.46. The molecule has 0 aromatic carbocycles. The van der Waals surface area contributed by atoms with Crippen LogP contribution < -0.4 is 0 Å². The van der Waals surface area contributed by atoms with Gasteiger partial charge in [0, 0.05) is 26.2 Å². The zero-order valence-corrected chi connectivity index (χ0v) is 14.5. The topological polar surface area (TPSA) is 45.9 Å². The zero-order valence-electron chi connectivity index (χ0n) is 13.6. The number of carbonyl (C=O) groups excluding carboxylic acids is 1. The number of nitrogens with zero attached hydrogens (tertiary/aromatic N) is 2. The lowest BCUT2D eigenvalue weighted by Gasteiger charge is -2.47. The molecule has 1 spiro atoms.